The molecule has 0 aliphatic rings. The van der Waals surface area contributed by atoms with Crippen LogP contribution in [0.15, 0.2) is 42.0 Å². The fourth-order valence-electron chi connectivity index (χ4n) is 2.05. The number of nitrogens with zero attached hydrogens (tertiary/aromatic N) is 3. The molecule has 1 amide bonds. The minimum atomic E-state index is -0.201. The summed E-state index contributed by atoms with van der Waals surface area (Å²) in [5.74, 6) is 0.433. The van der Waals surface area contributed by atoms with Crippen molar-refractivity contribution in [1.82, 2.24) is 14.8 Å². The van der Waals surface area contributed by atoms with E-state index in [0.29, 0.717) is 23.6 Å². The SMILES string of the molecule is Cc1nc(COc2cccc(C(=O)Nc3cnn(C)c3)c2)cs1. The maximum Gasteiger partial charge on any atom is 0.255 e. The van der Waals surface area contributed by atoms with Gasteiger partial charge in [-0.05, 0) is 25.1 Å². The van der Waals surface area contributed by atoms with Crippen LogP contribution in [0.3, 0.4) is 0 Å². The molecule has 0 radical (unpaired) electrons. The summed E-state index contributed by atoms with van der Waals surface area (Å²) in [4.78, 5) is 16.6. The van der Waals surface area contributed by atoms with E-state index in [1.54, 1.807) is 53.7 Å². The molecular formula is C16H16N4O2S. The molecule has 3 rings (SSSR count). The molecule has 7 heteroatoms. The second kappa shape index (κ2) is 6.62. The highest BCUT2D eigenvalue weighted by molar-refractivity contribution is 7.09. The summed E-state index contributed by atoms with van der Waals surface area (Å²) < 4.78 is 7.33. The van der Waals surface area contributed by atoms with Crippen molar-refractivity contribution >= 4 is 22.9 Å². The molecule has 118 valence electrons. The zero-order valence-corrected chi connectivity index (χ0v) is 13.6. The summed E-state index contributed by atoms with van der Waals surface area (Å²) in [6.07, 6.45) is 3.34. The van der Waals surface area contributed by atoms with Gasteiger partial charge in [0.25, 0.3) is 5.91 Å². The second-order valence-electron chi connectivity index (χ2n) is 5.03. The van der Waals surface area contributed by atoms with Gasteiger partial charge in [-0.2, -0.15) is 5.10 Å². The monoisotopic (exact) mass is 328 g/mol. The molecule has 0 aliphatic carbocycles. The second-order valence-corrected chi connectivity index (χ2v) is 6.09. The normalized spacial score (nSPS) is 10.5. The van der Waals surface area contributed by atoms with Crippen LogP contribution in [0.5, 0.6) is 5.75 Å². The van der Waals surface area contributed by atoms with E-state index < -0.39 is 0 Å². The van der Waals surface area contributed by atoms with Crippen LogP contribution in [-0.2, 0) is 13.7 Å². The van der Waals surface area contributed by atoms with Crippen molar-refractivity contribution in [2.45, 2.75) is 13.5 Å². The van der Waals surface area contributed by atoms with E-state index in [4.69, 9.17) is 4.74 Å². The minimum absolute atomic E-state index is 0.201. The number of anilines is 1. The van der Waals surface area contributed by atoms with Crippen molar-refractivity contribution < 1.29 is 9.53 Å². The van der Waals surface area contributed by atoms with Crippen molar-refractivity contribution in [3.8, 4) is 5.75 Å². The first kappa shape index (κ1) is 15.2. The number of carbonyl (C=O) groups is 1. The third-order valence-electron chi connectivity index (χ3n) is 3.11. The standard InChI is InChI=1S/C16H16N4O2S/c1-11-18-14(10-23-11)9-22-15-5-3-4-12(6-15)16(21)19-13-7-17-20(2)8-13/h3-8,10H,9H2,1-2H3,(H,19,21). The lowest BCUT2D eigenvalue weighted by Gasteiger charge is -2.07. The predicted molar refractivity (Wildman–Crippen MR) is 88.8 cm³/mol. The molecule has 0 atom stereocenters. The van der Waals surface area contributed by atoms with E-state index in [1.807, 2.05) is 18.4 Å². The van der Waals surface area contributed by atoms with E-state index in [0.717, 1.165) is 10.7 Å². The quantitative estimate of drug-likeness (QED) is 0.781. The average Bonchev–Trinajstić information content (AvgIpc) is 3.14. The van der Waals surface area contributed by atoms with Gasteiger partial charge in [0.05, 0.1) is 22.6 Å². The Morgan fingerprint density at radius 3 is 3.00 bits per heavy atom. The van der Waals surface area contributed by atoms with Crippen LogP contribution in [0.2, 0.25) is 0 Å². The molecule has 0 spiro atoms. The first-order valence-corrected chi connectivity index (χ1v) is 7.92. The number of rotatable bonds is 5. The molecule has 1 N–H and O–H groups in total. The number of thiazole rings is 1. The highest BCUT2D eigenvalue weighted by Gasteiger charge is 2.09. The molecule has 0 unspecified atom stereocenters. The number of aryl methyl sites for hydroxylation is 2. The van der Waals surface area contributed by atoms with Crippen LogP contribution >= 0.6 is 11.3 Å². The van der Waals surface area contributed by atoms with E-state index in [9.17, 15) is 4.79 Å². The van der Waals surface area contributed by atoms with Crippen molar-refractivity contribution in [2.75, 3.05) is 5.32 Å². The van der Waals surface area contributed by atoms with Gasteiger partial charge in [0, 0.05) is 24.2 Å². The molecule has 23 heavy (non-hydrogen) atoms. The Bertz CT molecular complexity index is 825. The van der Waals surface area contributed by atoms with Crippen LogP contribution in [0, 0.1) is 6.92 Å². The summed E-state index contributed by atoms with van der Waals surface area (Å²) >= 11 is 1.59. The Hall–Kier alpha value is -2.67. The summed E-state index contributed by atoms with van der Waals surface area (Å²) in [7, 11) is 1.80. The maximum absolute atomic E-state index is 12.2. The van der Waals surface area contributed by atoms with Crippen molar-refractivity contribution in [3.05, 3.63) is 58.3 Å². The zero-order valence-electron chi connectivity index (χ0n) is 12.8. The van der Waals surface area contributed by atoms with E-state index in [-0.39, 0.29) is 5.91 Å². The van der Waals surface area contributed by atoms with E-state index in [2.05, 4.69) is 15.4 Å². The largest absolute Gasteiger partial charge is 0.487 e. The Kier molecular flexibility index (Phi) is 4.38. The van der Waals surface area contributed by atoms with Gasteiger partial charge in [-0.3, -0.25) is 9.48 Å². The van der Waals surface area contributed by atoms with Gasteiger partial charge in [0.15, 0.2) is 0 Å². The number of nitrogens with one attached hydrogen (secondary N) is 1. The first-order chi connectivity index (χ1) is 11.1. The van der Waals surface area contributed by atoms with Gasteiger partial charge in [0.1, 0.15) is 12.4 Å². The topological polar surface area (TPSA) is 69.0 Å². The van der Waals surface area contributed by atoms with Crippen LogP contribution in [0.1, 0.15) is 21.1 Å². The summed E-state index contributed by atoms with van der Waals surface area (Å²) in [6.45, 7) is 2.34. The third kappa shape index (κ3) is 3.95. The van der Waals surface area contributed by atoms with Crippen LogP contribution in [-0.4, -0.2) is 20.7 Å². The van der Waals surface area contributed by atoms with Crippen molar-refractivity contribution in [3.63, 3.8) is 0 Å². The number of aromatic nitrogens is 3. The summed E-state index contributed by atoms with van der Waals surface area (Å²) in [6, 6.07) is 7.07. The Balaban J connectivity index is 1.65. The van der Waals surface area contributed by atoms with Crippen LogP contribution < -0.4 is 10.1 Å². The average molecular weight is 328 g/mol. The Morgan fingerprint density at radius 2 is 2.30 bits per heavy atom. The van der Waals surface area contributed by atoms with Gasteiger partial charge >= 0.3 is 0 Å². The smallest absolute Gasteiger partial charge is 0.255 e. The van der Waals surface area contributed by atoms with Gasteiger partial charge in [-0.15, -0.1) is 11.3 Å². The molecule has 0 saturated carbocycles. The summed E-state index contributed by atoms with van der Waals surface area (Å²) in [5, 5.41) is 9.79. The number of amides is 1. The van der Waals surface area contributed by atoms with Crippen molar-refractivity contribution in [2.24, 2.45) is 7.05 Å². The fraction of sp³-hybridized carbons (Fsp3) is 0.188. The van der Waals surface area contributed by atoms with Gasteiger partial charge < -0.3 is 10.1 Å². The van der Waals surface area contributed by atoms with Gasteiger partial charge in [0.2, 0.25) is 0 Å². The molecule has 0 bridgehead atoms. The fourth-order valence-corrected chi connectivity index (χ4v) is 2.65. The zero-order chi connectivity index (χ0) is 16.2. The molecule has 2 heterocycles. The molecule has 0 aliphatic heterocycles. The Morgan fingerprint density at radius 1 is 1.43 bits per heavy atom. The molecule has 6 nitrogen and oxygen atoms in total. The van der Waals surface area contributed by atoms with E-state index >= 15 is 0 Å². The Labute approximate surface area is 137 Å². The van der Waals surface area contributed by atoms with Gasteiger partial charge in [-0.1, -0.05) is 6.07 Å². The lowest BCUT2D eigenvalue weighted by Crippen LogP contribution is -2.11. The van der Waals surface area contributed by atoms with Gasteiger partial charge in [-0.25, -0.2) is 4.98 Å². The molecular weight excluding hydrogens is 312 g/mol. The molecule has 0 saturated heterocycles. The molecule has 1 aromatic carbocycles. The molecule has 2 aromatic heterocycles. The minimum Gasteiger partial charge on any atom is -0.487 e. The number of carbonyl (C=O) groups excluding carboxylic acids is 1. The number of ether oxygens (including phenoxy) is 1. The number of hydrogen-bond acceptors (Lipinski definition) is 5. The highest BCUT2D eigenvalue weighted by atomic mass is 32.1. The number of benzene rings is 1. The van der Waals surface area contributed by atoms with E-state index in [1.165, 1.54) is 0 Å². The first-order valence-electron chi connectivity index (χ1n) is 7.04. The highest BCUT2D eigenvalue weighted by Crippen LogP contribution is 2.17. The van der Waals surface area contributed by atoms with Crippen molar-refractivity contribution in [1.29, 1.82) is 0 Å². The van der Waals surface area contributed by atoms with Crippen LogP contribution in [0.25, 0.3) is 0 Å². The summed E-state index contributed by atoms with van der Waals surface area (Å²) in [5.41, 5.74) is 2.07. The third-order valence-corrected chi connectivity index (χ3v) is 3.93. The molecule has 3 aromatic rings. The lowest BCUT2D eigenvalue weighted by atomic mass is 10.2. The molecule has 0 fully saturated rings. The van der Waals surface area contributed by atoms with Crippen LogP contribution in [0.4, 0.5) is 5.69 Å². The number of hydrogen-bond donors (Lipinski definition) is 1. The maximum atomic E-state index is 12.2. The predicted octanol–water partition coefficient (Wildman–Crippen LogP) is 3.02. The lowest BCUT2D eigenvalue weighted by molar-refractivity contribution is 0.102.